The summed E-state index contributed by atoms with van der Waals surface area (Å²) in [5, 5.41) is 54.5. The van der Waals surface area contributed by atoms with Crippen molar-refractivity contribution >= 4 is 5.91 Å². The zero-order valence-electron chi connectivity index (χ0n) is 45.5. The van der Waals surface area contributed by atoms with Gasteiger partial charge < -0.3 is 40.3 Å². The van der Waals surface area contributed by atoms with Crippen molar-refractivity contribution in [3.05, 3.63) is 85.1 Å². The van der Waals surface area contributed by atoms with Crippen LogP contribution in [0.4, 0.5) is 0 Å². The fraction of sp³-hybridized carbons (Fsp3) is 0.758. The second-order valence-electron chi connectivity index (χ2n) is 20.0. The average Bonchev–Trinajstić information content (AvgIpc) is 3.37. The van der Waals surface area contributed by atoms with Gasteiger partial charge in [0.1, 0.15) is 24.4 Å². The lowest BCUT2D eigenvalue weighted by atomic mass is 9.99. The van der Waals surface area contributed by atoms with Crippen molar-refractivity contribution in [3.63, 3.8) is 0 Å². The Kier molecular flexibility index (Phi) is 47.6. The summed E-state index contributed by atoms with van der Waals surface area (Å²) in [5.74, 6) is -0.195. The summed E-state index contributed by atoms with van der Waals surface area (Å²) in [4.78, 5) is 13.1. The largest absolute Gasteiger partial charge is 0.394 e. The lowest BCUT2D eigenvalue weighted by Crippen LogP contribution is -2.60. The monoisotopic (exact) mass is 996 g/mol. The van der Waals surface area contributed by atoms with Crippen LogP contribution in [-0.2, 0) is 14.3 Å². The van der Waals surface area contributed by atoms with E-state index in [0.29, 0.717) is 6.42 Å². The van der Waals surface area contributed by atoms with Gasteiger partial charge in [-0.3, -0.25) is 4.79 Å². The zero-order chi connectivity index (χ0) is 51.5. The number of nitrogens with one attached hydrogen (secondary N) is 1. The van der Waals surface area contributed by atoms with Crippen LogP contribution in [-0.4, -0.2) is 87.5 Å². The van der Waals surface area contributed by atoms with Gasteiger partial charge in [-0.1, -0.05) is 240 Å². The van der Waals surface area contributed by atoms with Crippen LogP contribution in [0.15, 0.2) is 85.1 Å². The van der Waals surface area contributed by atoms with Crippen LogP contribution in [0.2, 0.25) is 0 Å². The van der Waals surface area contributed by atoms with E-state index in [0.717, 1.165) is 70.6 Å². The highest BCUT2D eigenvalue weighted by Gasteiger charge is 2.44. The topological polar surface area (TPSA) is 149 Å². The summed E-state index contributed by atoms with van der Waals surface area (Å²) >= 11 is 0. The van der Waals surface area contributed by atoms with E-state index in [2.05, 4.69) is 92.1 Å². The Labute approximate surface area is 435 Å². The second kappa shape index (κ2) is 50.9. The molecule has 7 atom stereocenters. The van der Waals surface area contributed by atoms with Gasteiger partial charge in [-0.15, -0.1) is 0 Å². The summed E-state index contributed by atoms with van der Waals surface area (Å²) in [7, 11) is 0. The lowest BCUT2D eigenvalue weighted by Gasteiger charge is -2.40. The molecule has 1 amide bonds. The van der Waals surface area contributed by atoms with Gasteiger partial charge in [-0.25, -0.2) is 0 Å². The maximum atomic E-state index is 13.1. The van der Waals surface area contributed by atoms with Gasteiger partial charge in [0.25, 0.3) is 0 Å². The molecule has 7 unspecified atom stereocenters. The van der Waals surface area contributed by atoms with E-state index in [9.17, 15) is 30.3 Å². The molecule has 71 heavy (non-hydrogen) atoms. The molecule has 1 aliphatic heterocycles. The summed E-state index contributed by atoms with van der Waals surface area (Å²) in [5.41, 5.74) is 0. The number of hydrogen-bond donors (Lipinski definition) is 6. The molecule has 1 saturated heterocycles. The van der Waals surface area contributed by atoms with Crippen LogP contribution >= 0.6 is 0 Å². The van der Waals surface area contributed by atoms with Gasteiger partial charge in [0.2, 0.25) is 5.91 Å². The third-order valence-electron chi connectivity index (χ3n) is 13.4. The minimum atomic E-state index is -1.58. The Morgan fingerprint density at radius 1 is 0.493 bits per heavy atom. The number of hydrogen-bond acceptors (Lipinski definition) is 8. The minimum absolute atomic E-state index is 0.195. The zero-order valence-corrected chi connectivity index (χ0v) is 45.5. The Morgan fingerprint density at radius 3 is 1.35 bits per heavy atom. The van der Waals surface area contributed by atoms with Crippen molar-refractivity contribution in [1.29, 1.82) is 0 Å². The summed E-state index contributed by atoms with van der Waals surface area (Å²) in [6, 6.07) is -0.835. The SMILES string of the molecule is CC/C=C\C/C=C\C/C=C\C/C=C\CCCCCCCCCCCCCCC(=O)NC(COC1OC(CO)C(O)C(O)C1O)C(O)/C=C/CC/C=C/CC/C=C/CCCCCCCCCCCCCCC. The Bertz CT molecular complexity index is 1390. The molecule has 0 radical (unpaired) electrons. The van der Waals surface area contributed by atoms with Crippen LogP contribution < -0.4 is 5.32 Å². The molecule has 1 aliphatic rings. The molecule has 9 heteroatoms. The van der Waals surface area contributed by atoms with Crippen LogP contribution in [0.1, 0.15) is 245 Å². The van der Waals surface area contributed by atoms with Crippen LogP contribution in [0.25, 0.3) is 0 Å². The molecule has 0 bridgehead atoms. The molecule has 1 heterocycles. The fourth-order valence-corrected chi connectivity index (χ4v) is 8.83. The van der Waals surface area contributed by atoms with E-state index in [1.165, 1.54) is 154 Å². The van der Waals surface area contributed by atoms with Crippen LogP contribution in [0, 0.1) is 0 Å². The Morgan fingerprint density at radius 2 is 0.887 bits per heavy atom. The van der Waals surface area contributed by atoms with E-state index < -0.39 is 49.5 Å². The molecule has 0 aromatic carbocycles. The molecule has 410 valence electrons. The number of rotatable bonds is 49. The third kappa shape index (κ3) is 40.4. The van der Waals surface area contributed by atoms with E-state index in [1.54, 1.807) is 6.08 Å². The van der Waals surface area contributed by atoms with Gasteiger partial charge in [0.15, 0.2) is 6.29 Å². The van der Waals surface area contributed by atoms with Crippen LogP contribution in [0.3, 0.4) is 0 Å². The fourth-order valence-electron chi connectivity index (χ4n) is 8.83. The lowest BCUT2D eigenvalue weighted by molar-refractivity contribution is -0.302. The van der Waals surface area contributed by atoms with Crippen molar-refractivity contribution in [2.24, 2.45) is 0 Å². The number of ether oxygens (including phenoxy) is 2. The normalized spacial score (nSPS) is 19.9. The number of amides is 1. The number of allylic oxidation sites excluding steroid dienone is 13. The van der Waals surface area contributed by atoms with Crippen molar-refractivity contribution < 1.29 is 39.8 Å². The molecular weight excluding hydrogens is 887 g/mol. The maximum absolute atomic E-state index is 13.1. The highest BCUT2D eigenvalue weighted by molar-refractivity contribution is 5.76. The molecular formula is C62H109NO8. The number of unbranched alkanes of at least 4 members (excludes halogenated alkanes) is 27. The smallest absolute Gasteiger partial charge is 0.220 e. The van der Waals surface area contributed by atoms with Gasteiger partial charge >= 0.3 is 0 Å². The van der Waals surface area contributed by atoms with Crippen molar-refractivity contribution in [2.45, 2.75) is 288 Å². The molecule has 1 fully saturated rings. The standard InChI is InChI=1S/C62H109NO8/c1-3-5-7-9-11-13-15-17-19-21-23-25-27-28-30-32-34-36-38-40-42-44-46-48-50-52-58(66)63-55(54-70-62-61(69)60(68)59(67)57(53-64)71-62)56(65)51-49-47-45-43-41-39-37-35-33-31-29-26-24-22-20-18-16-14-12-10-8-6-4-2/h5,7,11,13,17,19,23,25,33,35,41,43,49,51,55-57,59-62,64-65,67-69H,3-4,6,8-10,12,14-16,18,20-22,24,26-32,34,36-40,42,44-48,50,52-54H2,1-2H3,(H,63,66)/b7-5-,13-11-,19-17-,25-23-,35-33+,43-41+,51-49+. The molecule has 0 aliphatic carbocycles. The highest BCUT2D eigenvalue weighted by atomic mass is 16.7. The molecule has 9 nitrogen and oxygen atoms in total. The predicted molar refractivity (Wildman–Crippen MR) is 299 cm³/mol. The Balaban J connectivity index is 2.26. The number of aliphatic hydroxyl groups excluding tert-OH is 5. The van der Waals surface area contributed by atoms with Crippen molar-refractivity contribution in [2.75, 3.05) is 13.2 Å². The highest BCUT2D eigenvalue weighted by Crippen LogP contribution is 2.23. The first kappa shape index (κ1) is 66.4. The number of carbonyl (C=O) groups is 1. The maximum Gasteiger partial charge on any atom is 0.220 e. The average molecular weight is 997 g/mol. The van der Waals surface area contributed by atoms with E-state index >= 15 is 0 Å². The van der Waals surface area contributed by atoms with E-state index in [-0.39, 0.29) is 12.5 Å². The van der Waals surface area contributed by atoms with Gasteiger partial charge in [0.05, 0.1) is 25.4 Å². The quantitative estimate of drug-likeness (QED) is 0.0261. The number of carbonyl (C=O) groups excluding carboxylic acids is 1. The first-order chi connectivity index (χ1) is 34.8. The third-order valence-corrected chi connectivity index (χ3v) is 13.4. The first-order valence-corrected chi connectivity index (χ1v) is 29.3. The first-order valence-electron chi connectivity index (χ1n) is 29.3. The minimum Gasteiger partial charge on any atom is -0.394 e. The van der Waals surface area contributed by atoms with Crippen LogP contribution in [0.5, 0.6) is 0 Å². The summed E-state index contributed by atoms with van der Waals surface area (Å²) < 4.78 is 11.3. The van der Waals surface area contributed by atoms with Gasteiger partial charge in [0, 0.05) is 6.42 Å². The second-order valence-corrected chi connectivity index (χ2v) is 20.0. The number of aliphatic hydroxyl groups is 5. The summed E-state index contributed by atoms with van der Waals surface area (Å²) in [6.07, 6.45) is 65.0. The van der Waals surface area contributed by atoms with Crippen molar-refractivity contribution in [3.8, 4) is 0 Å². The van der Waals surface area contributed by atoms with Gasteiger partial charge in [-0.2, -0.15) is 0 Å². The molecule has 6 N–H and O–H groups in total. The van der Waals surface area contributed by atoms with Gasteiger partial charge in [-0.05, 0) is 83.5 Å². The van der Waals surface area contributed by atoms with E-state index in [1.807, 2.05) is 6.08 Å². The molecule has 0 aromatic rings. The molecule has 0 aromatic heterocycles. The predicted octanol–water partition coefficient (Wildman–Crippen LogP) is 14.6. The van der Waals surface area contributed by atoms with E-state index in [4.69, 9.17) is 9.47 Å². The van der Waals surface area contributed by atoms with Crippen molar-refractivity contribution in [1.82, 2.24) is 5.32 Å². The molecule has 1 rings (SSSR count). The Hall–Kier alpha value is -2.63. The molecule has 0 saturated carbocycles. The molecule has 0 spiro atoms. The summed E-state index contributed by atoms with van der Waals surface area (Å²) in [6.45, 7) is 3.66.